The molecule has 4 fully saturated rings. The van der Waals surface area contributed by atoms with Gasteiger partial charge in [-0.2, -0.15) is 0 Å². The number of hydrogen-bond acceptors (Lipinski definition) is 0. The molecule has 0 aliphatic heterocycles. The molecule has 4 aromatic rings. The fraction of sp³-hybridized carbons (Fsp3) is 0.442. The van der Waals surface area contributed by atoms with Crippen LogP contribution in [0.4, 0.5) is 0 Å². The van der Waals surface area contributed by atoms with Crippen molar-refractivity contribution in [3.05, 3.63) is 151 Å². The predicted molar refractivity (Wildman–Crippen MR) is 222 cm³/mol. The van der Waals surface area contributed by atoms with E-state index in [0.717, 1.165) is 17.8 Å². The Morgan fingerprint density at radius 3 is 1.45 bits per heavy atom. The molecule has 4 aromatic carbocycles. The van der Waals surface area contributed by atoms with Crippen LogP contribution in [-0.2, 0) is 32.1 Å². The molecule has 0 amide bonds. The Morgan fingerprint density at radius 2 is 1.04 bits per heavy atom. The zero-order valence-electron chi connectivity index (χ0n) is 34.4. The van der Waals surface area contributed by atoms with Crippen molar-refractivity contribution in [2.24, 2.45) is 29.1 Å². The van der Waals surface area contributed by atoms with Crippen LogP contribution < -0.4 is 24.8 Å². The minimum absolute atomic E-state index is 0. The summed E-state index contributed by atoms with van der Waals surface area (Å²) >= 11 is -2.91. The maximum Gasteiger partial charge on any atom is -1.00 e. The van der Waals surface area contributed by atoms with Crippen LogP contribution in [0.3, 0.4) is 0 Å². The molecular formula is C52H60Cl2Zr. The Morgan fingerprint density at radius 1 is 0.618 bits per heavy atom. The van der Waals surface area contributed by atoms with E-state index >= 15 is 0 Å². The van der Waals surface area contributed by atoms with E-state index in [1.165, 1.54) is 78.3 Å². The maximum absolute atomic E-state index is 2.91. The van der Waals surface area contributed by atoms with Gasteiger partial charge in [-0.3, -0.25) is 0 Å². The predicted octanol–water partition coefficient (Wildman–Crippen LogP) is 7.70. The summed E-state index contributed by atoms with van der Waals surface area (Å²) in [4.78, 5) is 0. The Bertz CT molecular complexity index is 2030. The van der Waals surface area contributed by atoms with E-state index in [9.17, 15) is 0 Å². The van der Waals surface area contributed by atoms with Crippen molar-refractivity contribution in [1.29, 1.82) is 0 Å². The second-order valence-electron chi connectivity index (χ2n) is 20.2. The van der Waals surface area contributed by atoms with Crippen molar-refractivity contribution < 1.29 is 46.1 Å². The van der Waals surface area contributed by atoms with Crippen LogP contribution in [-0.4, -0.2) is 3.21 Å². The van der Waals surface area contributed by atoms with Crippen LogP contribution in [0.5, 0.6) is 0 Å². The summed E-state index contributed by atoms with van der Waals surface area (Å²) < 4.78 is 3.96. The molecule has 4 bridgehead atoms. The minimum Gasteiger partial charge on any atom is -1.00 e. The van der Waals surface area contributed by atoms with E-state index in [1.807, 2.05) is 3.28 Å². The topological polar surface area (TPSA) is 0 Å². The smallest absolute Gasteiger partial charge is 1.00 e. The molecule has 0 aromatic heterocycles. The molecule has 0 N–H and O–H groups in total. The molecule has 6 aliphatic carbocycles. The van der Waals surface area contributed by atoms with Crippen LogP contribution in [0.1, 0.15) is 137 Å². The van der Waals surface area contributed by atoms with Crippen LogP contribution in [0.2, 0.25) is 0 Å². The molecule has 1 atom stereocenters. The monoisotopic (exact) mass is 844 g/mol. The van der Waals surface area contributed by atoms with Gasteiger partial charge < -0.3 is 24.8 Å². The molecule has 10 rings (SSSR count). The first-order valence-electron chi connectivity index (χ1n) is 20.8. The average Bonchev–Trinajstić information content (AvgIpc) is 3.58. The van der Waals surface area contributed by atoms with Gasteiger partial charge in [0.05, 0.1) is 0 Å². The average molecular weight is 847 g/mol. The van der Waals surface area contributed by atoms with Crippen molar-refractivity contribution >= 4 is 3.21 Å². The normalized spacial score (nSPS) is 25.0. The summed E-state index contributed by atoms with van der Waals surface area (Å²) in [6.45, 7) is 19.2. The molecule has 4 saturated carbocycles. The largest absolute Gasteiger partial charge is 1.00 e. The summed E-state index contributed by atoms with van der Waals surface area (Å²) in [5.74, 6) is 3.46. The van der Waals surface area contributed by atoms with Crippen molar-refractivity contribution in [3.8, 4) is 11.1 Å². The quantitative estimate of drug-likeness (QED) is 0.187. The Hall–Kier alpha value is -2.31. The van der Waals surface area contributed by atoms with Gasteiger partial charge in [-0.1, -0.05) is 0 Å². The standard InChI is InChI=1S/C21H26.C18H25.C13H9.2ClH.Zr/c1-20(2,3)18-11-7-16(8-12-18)15-17-9-13-19(14-10-17)21(4,5)6;1-12-3-13(2)17(4-12)11-18-8-14-5-15(9-18)7-16(6-14)10-18;1-3-7-12-10(5-1)9-11-6-2-4-8-13(11)12;;;/h7-14H,1-6H3;4,12,14-16H,5-11H2,1-2H3;1-9H;2*1H;/q;;;;;+2/p-2. The SMILES string of the molecule is CC1=[C]([Zr+2](=[C](c2ccc(C(C)(C)C)cc2)c2ccc(C(C)(C)C)cc2)[CH]2c3ccccc3-c3ccccc32)C(C)C=C1CC12CC3CC(CC(C3)C1)C2.[Cl-].[Cl-]. The number of fused-ring (bicyclic) bond motifs is 3. The van der Waals surface area contributed by atoms with Gasteiger partial charge in [-0.25, -0.2) is 0 Å². The Balaban J connectivity index is 0.00000233. The molecule has 0 radical (unpaired) electrons. The third-order valence-corrected chi connectivity index (χ3v) is 23.4. The minimum atomic E-state index is -2.91. The molecular weight excluding hydrogens is 787 g/mol. The summed E-state index contributed by atoms with van der Waals surface area (Å²) in [6.07, 6.45) is 13.1. The number of benzene rings is 4. The second-order valence-corrected chi connectivity index (χ2v) is 26.2. The van der Waals surface area contributed by atoms with Crippen molar-refractivity contribution in [1.82, 2.24) is 0 Å². The second kappa shape index (κ2) is 15.1. The first-order valence-corrected chi connectivity index (χ1v) is 24.7. The molecule has 6 aliphatic rings. The fourth-order valence-corrected chi connectivity index (χ4v) is 22.3. The van der Waals surface area contributed by atoms with E-state index < -0.39 is 21.3 Å². The zero-order chi connectivity index (χ0) is 36.9. The first kappa shape index (κ1) is 40.9. The van der Waals surface area contributed by atoms with Gasteiger partial charge in [-0.15, -0.1) is 0 Å². The third-order valence-electron chi connectivity index (χ3n) is 14.3. The zero-order valence-corrected chi connectivity index (χ0v) is 38.4. The number of halogens is 2. The van der Waals surface area contributed by atoms with E-state index in [4.69, 9.17) is 0 Å². The van der Waals surface area contributed by atoms with Gasteiger partial charge in [-0.05, 0) is 0 Å². The van der Waals surface area contributed by atoms with Gasteiger partial charge in [0.2, 0.25) is 0 Å². The summed E-state index contributed by atoms with van der Waals surface area (Å²) in [6, 6.07) is 38.7. The van der Waals surface area contributed by atoms with Crippen LogP contribution in [0, 0.1) is 29.1 Å². The van der Waals surface area contributed by atoms with Crippen LogP contribution >= 0.6 is 0 Å². The molecule has 3 heteroatoms. The number of hydrogen-bond donors (Lipinski definition) is 0. The van der Waals surface area contributed by atoms with Gasteiger partial charge in [0.25, 0.3) is 0 Å². The summed E-state index contributed by atoms with van der Waals surface area (Å²) in [5, 5.41) is 0. The molecule has 0 nitrogen and oxygen atoms in total. The molecule has 0 heterocycles. The summed E-state index contributed by atoms with van der Waals surface area (Å²) in [5.41, 5.74) is 16.0. The van der Waals surface area contributed by atoms with Gasteiger partial charge in [0.1, 0.15) is 0 Å². The van der Waals surface area contributed by atoms with Crippen molar-refractivity contribution in [2.75, 3.05) is 0 Å². The fourth-order valence-electron chi connectivity index (χ4n) is 12.2. The van der Waals surface area contributed by atoms with Crippen molar-refractivity contribution in [3.63, 3.8) is 0 Å². The van der Waals surface area contributed by atoms with E-state index in [1.54, 1.807) is 25.5 Å². The summed E-state index contributed by atoms with van der Waals surface area (Å²) in [7, 11) is 0. The Kier molecular flexibility index (Phi) is 11.2. The molecule has 55 heavy (non-hydrogen) atoms. The first-order chi connectivity index (χ1) is 25.3. The van der Waals surface area contributed by atoms with Gasteiger partial charge >= 0.3 is 330 Å². The molecule has 286 valence electrons. The molecule has 0 saturated heterocycles. The number of rotatable bonds is 6. The number of allylic oxidation sites excluding steroid dienone is 4. The van der Waals surface area contributed by atoms with E-state index in [-0.39, 0.29) is 35.6 Å². The Labute approximate surface area is 352 Å². The van der Waals surface area contributed by atoms with Crippen LogP contribution in [0.25, 0.3) is 11.1 Å². The van der Waals surface area contributed by atoms with Crippen LogP contribution in [0.15, 0.2) is 118 Å². The molecule has 0 spiro atoms. The third kappa shape index (κ3) is 7.36. The van der Waals surface area contributed by atoms with E-state index in [2.05, 4.69) is 159 Å². The maximum atomic E-state index is 2.78. The van der Waals surface area contributed by atoms with Gasteiger partial charge in [0.15, 0.2) is 0 Å². The van der Waals surface area contributed by atoms with E-state index in [0.29, 0.717) is 15.0 Å². The molecule has 1 unspecified atom stereocenters. The van der Waals surface area contributed by atoms with Crippen molar-refractivity contribution in [2.45, 2.75) is 115 Å². The van der Waals surface area contributed by atoms with Gasteiger partial charge in [0, 0.05) is 0 Å².